The molecule has 0 fully saturated rings. The highest BCUT2D eigenvalue weighted by Gasteiger charge is 2.19. The number of esters is 1. The number of benzene rings is 1. The molecule has 0 radical (unpaired) electrons. The van der Waals surface area contributed by atoms with Crippen LogP contribution in [0.25, 0.3) is 0 Å². The smallest absolute Gasteiger partial charge is 0.338 e. The Hall–Kier alpha value is -1.89. The monoisotopic (exact) mass is 271 g/mol. The van der Waals surface area contributed by atoms with Crippen molar-refractivity contribution < 1.29 is 23.2 Å². The number of hydrogen-bond acceptors (Lipinski definition) is 6. The van der Waals surface area contributed by atoms with Gasteiger partial charge in [-0.05, 0) is 24.6 Å². The van der Waals surface area contributed by atoms with Gasteiger partial charge in [-0.15, -0.1) is 0 Å². The van der Waals surface area contributed by atoms with E-state index in [0.29, 0.717) is 5.56 Å². The molecule has 1 rings (SSSR count). The summed E-state index contributed by atoms with van der Waals surface area (Å²) in [6, 6.07) is 2.65. The normalized spacial score (nSPS) is 11.7. The molecule has 7 heteroatoms. The molecule has 6 nitrogen and oxygen atoms in total. The van der Waals surface area contributed by atoms with Crippen LogP contribution in [-0.4, -0.2) is 39.2 Å². The van der Waals surface area contributed by atoms with Crippen LogP contribution in [0.5, 0.6) is 0 Å². The molecule has 0 heterocycles. The van der Waals surface area contributed by atoms with Gasteiger partial charge in [-0.3, -0.25) is 0 Å². The Bertz CT molecular complexity index is 604. The van der Waals surface area contributed by atoms with Crippen molar-refractivity contribution in [2.75, 3.05) is 13.4 Å². The predicted molar refractivity (Wildman–Crippen MR) is 65.0 cm³/mol. The van der Waals surface area contributed by atoms with Crippen LogP contribution in [0.1, 0.15) is 21.5 Å². The Kier molecular flexibility index (Phi) is 4.07. The number of hydrogen-bond donors (Lipinski definition) is 1. The molecule has 0 bridgehead atoms. The number of nitrogens with zero attached hydrogens (tertiary/aromatic N) is 1. The van der Waals surface area contributed by atoms with Crippen LogP contribution >= 0.6 is 0 Å². The second kappa shape index (κ2) is 5.18. The Labute approximate surface area is 105 Å². The molecule has 0 aromatic heterocycles. The van der Waals surface area contributed by atoms with Crippen LogP contribution in [0, 0.1) is 6.92 Å². The van der Waals surface area contributed by atoms with Gasteiger partial charge in [0.25, 0.3) is 0 Å². The highest BCUT2D eigenvalue weighted by Crippen LogP contribution is 2.22. The third kappa shape index (κ3) is 2.67. The molecule has 1 N–H and O–H groups in total. The molecule has 0 aliphatic rings. The van der Waals surface area contributed by atoms with Crippen molar-refractivity contribution in [1.29, 1.82) is 0 Å². The number of rotatable bonds is 3. The van der Waals surface area contributed by atoms with Crippen LogP contribution in [0.3, 0.4) is 0 Å². The first-order chi connectivity index (χ1) is 8.32. The summed E-state index contributed by atoms with van der Waals surface area (Å²) in [6.45, 7) is 1.55. The zero-order valence-electron chi connectivity index (χ0n) is 10.2. The van der Waals surface area contributed by atoms with Crippen molar-refractivity contribution >= 4 is 22.0 Å². The molecule has 0 unspecified atom stereocenters. The van der Waals surface area contributed by atoms with Crippen molar-refractivity contribution in [2.24, 2.45) is 5.16 Å². The Balaban J connectivity index is 3.63. The zero-order chi connectivity index (χ0) is 13.9. The summed E-state index contributed by atoms with van der Waals surface area (Å²) in [5, 5.41) is 11.4. The van der Waals surface area contributed by atoms with E-state index in [0.717, 1.165) is 12.5 Å². The van der Waals surface area contributed by atoms with Crippen LogP contribution in [0.15, 0.2) is 22.2 Å². The zero-order valence-corrected chi connectivity index (χ0v) is 11.0. The van der Waals surface area contributed by atoms with Gasteiger partial charge in [0, 0.05) is 11.8 Å². The average Bonchev–Trinajstić information content (AvgIpc) is 2.29. The lowest BCUT2D eigenvalue weighted by Gasteiger charge is -2.10. The van der Waals surface area contributed by atoms with E-state index < -0.39 is 15.8 Å². The molecule has 1 aromatic rings. The number of sulfone groups is 1. The molecule has 1 aromatic carbocycles. The minimum atomic E-state index is -3.48. The van der Waals surface area contributed by atoms with Gasteiger partial charge in [0.2, 0.25) is 0 Å². The van der Waals surface area contributed by atoms with E-state index in [9.17, 15) is 13.2 Å². The fraction of sp³-hybridized carbons (Fsp3) is 0.273. The maximum Gasteiger partial charge on any atom is 0.338 e. The molecular weight excluding hydrogens is 258 g/mol. The first kappa shape index (κ1) is 14.2. The van der Waals surface area contributed by atoms with Crippen molar-refractivity contribution in [1.82, 2.24) is 0 Å². The molecule has 0 amide bonds. The van der Waals surface area contributed by atoms with E-state index in [2.05, 4.69) is 9.89 Å². The van der Waals surface area contributed by atoms with Gasteiger partial charge >= 0.3 is 5.97 Å². The summed E-state index contributed by atoms with van der Waals surface area (Å²) in [6.07, 6.45) is 2.02. The van der Waals surface area contributed by atoms with E-state index in [1.54, 1.807) is 6.92 Å². The minimum absolute atomic E-state index is 0.00884. The molecule has 0 spiro atoms. The molecule has 0 saturated heterocycles. The second-order valence-electron chi connectivity index (χ2n) is 3.66. The molecule has 0 atom stereocenters. The van der Waals surface area contributed by atoms with Crippen LogP contribution in [0.4, 0.5) is 0 Å². The summed E-state index contributed by atoms with van der Waals surface area (Å²) in [5.41, 5.74) is 0.769. The first-order valence-electron chi connectivity index (χ1n) is 4.92. The first-order valence-corrected chi connectivity index (χ1v) is 6.81. The quantitative estimate of drug-likeness (QED) is 0.383. The number of carbonyl (C=O) groups excluding carboxylic acids is 1. The van der Waals surface area contributed by atoms with Crippen LogP contribution in [-0.2, 0) is 14.6 Å². The lowest BCUT2D eigenvalue weighted by atomic mass is 10.0. The number of carbonyl (C=O) groups is 1. The number of ether oxygens (including phenoxy) is 1. The Morgan fingerprint density at radius 2 is 2.06 bits per heavy atom. The van der Waals surface area contributed by atoms with Gasteiger partial charge in [0.1, 0.15) is 0 Å². The van der Waals surface area contributed by atoms with E-state index in [1.165, 1.54) is 19.2 Å². The van der Waals surface area contributed by atoms with Gasteiger partial charge < -0.3 is 9.94 Å². The topological polar surface area (TPSA) is 93.0 Å². The van der Waals surface area contributed by atoms with E-state index in [1.807, 2.05) is 0 Å². The predicted octanol–water partition coefficient (Wildman–Crippen LogP) is 0.993. The van der Waals surface area contributed by atoms with E-state index in [4.69, 9.17) is 5.21 Å². The van der Waals surface area contributed by atoms with Gasteiger partial charge in [-0.2, -0.15) is 0 Å². The molecule has 0 aliphatic heterocycles. The fourth-order valence-electron chi connectivity index (χ4n) is 1.58. The Morgan fingerprint density at radius 3 is 2.50 bits per heavy atom. The standard InChI is InChI=1S/C11H13NO5S/c1-7-8(11(13)17-2)4-5-10(18(3,15)16)9(7)6-12-14/h4-6,14H,1-3H3/b12-6-. The molecular formula is C11H13NO5S. The van der Waals surface area contributed by atoms with Crippen LogP contribution < -0.4 is 0 Å². The summed E-state index contributed by atoms with van der Waals surface area (Å²) in [5.74, 6) is -0.583. The lowest BCUT2D eigenvalue weighted by Crippen LogP contribution is -2.10. The highest BCUT2D eigenvalue weighted by molar-refractivity contribution is 7.90. The maximum atomic E-state index is 11.6. The number of oxime groups is 1. The van der Waals surface area contributed by atoms with Gasteiger partial charge in [0.05, 0.1) is 23.8 Å². The van der Waals surface area contributed by atoms with Crippen LogP contribution in [0.2, 0.25) is 0 Å². The SMILES string of the molecule is COC(=O)c1ccc(S(C)(=O)=O)c(/C=N\O)c1C. The van der Waals surface area contributed by atoms with Gasteiger partial charge in [0.15, 0.2) is 9.84 Å². The van der Waals surface area contributed by atoms with E-state index in [-0.39, 0.29) is 16.0 Å². The van der Waals surface area contributed by atoms with Gasteiger partial charge in [-0.1, -0.05) is 5.16 Å². The third-order valence-electron chi connectivity index (χ3n) is 2.47. The van der Waals surface area contributed by atoms with Crippen molar-refractivity contribution in [3.8, 4) is 0 Å². The largest absolute Gasteiger partial charge is 0.465 e. The Morgan fingerprint density at radius 1 is 1.44 bits per heavy atom. The molecule has 0 saturated carbocycles. The molecule has 98 valence electrons. The minimum Gasteiger partial charge on any atom is -0.465 e. The van der Waals surface area contributed by atoms with Crippen molar-refractivity contribution in [3.05, 3.63) is 28.8 Å². The van der Waals surface area contributed by atoms with Gasteiger partial charge in [-0.25, -0.2) is 13.2 Å². The molecule has 0 aliphatic carbocycles. The number of methoxy groups -OCH3 is 1. The fourth-order valence-corrected chi connectivity index (χ4v) is 2.50. The lowest BCUT2D eigenvalue weighted by molar-refractivity contribution is 0.0599. The van der Waals surface area contributed by atoms with Crippen molar-refractivity contribution in [3.63, 3.8) is 0 Å². The maximum absolute atomic E-state index is 11.6. The second-order valence-corrected chi connectivity index (χ2v) is 5.64. The summed E-state index contributed by atoms with van der Waals surface area (Å²) >= 11 is 0. The average molecular weight is 271 g/mol. The van der Waals surface area contributed by atoms with E-state index >= 15 is 0 Å². The summed E-state index contributed by atoms with van der Waals surface area (Å²) in [4.78, 5) is 11.5. The van der Waals surface area contributed by atoms with Crippen molar-refractivity contribution in [2.45, 2.75) is 11.8 Å². The summed E-state index contributed by atoms with van der Waals surface area (Å²) in [7, 11) is -2.25. The summed E-state index contributed by atoms with van der Waals surface area (Å²) < 4.78 is 27.7. The third-order valence-corrected chi connectivity index (χ3v) is 3.62. The molecule has 18 heavy (non-hydrogen) atoms. The highest BCUT2D eigenvalue weighted by atomic mass is 32.2.